The molecule has 0 bridgehead atoms. The van der Waals surface area contributed by atoms with Crippen LogP contribution in [-0.2, 0) is 11.3 Å². The SMILES string of the molecule is C=Cc1ccc(-c2cn(CC(=O)NC(C)C)c(-c3ccc(F)c(OC)c3)n2)cc1. The molecule has 5 nitrogen and oxygen atoms in total. The fourth-order valence-electron chi connectivity index (χ4n) is 3.02. The van der Waals surface area contributed by atoms with E-state index in [4.69, 9.17) is 9.72 Å². The van der Waals surface area contributed by atoms with Gasteiger partial charge in [-0.3, -0.25) is 4.79 Å². The summed E-state index contributed by atoms with van der Waals surface area (Å²) < 4.78 is 20.7. The van der Waals surface area contributed by atoms with Crippen LogP contribution in [0.4, 0.5) is 4.39 Å². The van der Waals surface area contributed by atoms with Crippen molar-refractivity contribution in [3.8, 4) is 28.4 Å². The van der Waals surface area contributed by atoms with Gasteiger partial charge in [0.05, 0.1) is 12.8 Å². The van der Waals surface area contributed by atoms with E-state index in [1.807, 2.05) is 44.3 Å². The quantitative estimate of drug-likeness (QED) is 0.642. The standard InChI is InChI=1S/C23H24FN3O2/c1-5-16-6-8-17(9-7-16)20-13-27(14-22(28)25-15(2)3)23(26-20)18-10-11-19(24)21(12-18)29-4/h5-13,15H,1,14H2,2-4H3,(H,25,28). The number of nitrogens with zero attached hydrogens (tertiary/aromatic N) is 2. The van der Waals surface area contributed by atoms with E-state index in [9.17, 15) is 9.18 Å². The highest BCUT2D eigenvalue weighted by Crippen LogP contribution is 2.29. The average molecular weight is 393 g/mol. The van der Waals surface area contributed by atoms with E-state index in [0.29, 0.717) is 11.4 Å². The lowest BCUT2D eigenvalue weighted by molar-refractivity contribution is -0.122. The monoisotopic (exact) mass is 393 g/mol. The Morgan fingerprint density at radius 2 is 1.93 bits per heavy atom. The molecule has 3 aromatic rings. The van der Waals surface area contributed by atoms with Gasteiger partial charge in [0.1, 0.15) is 12.4 Å². The third kappa shape index (κ3) is 4.71. The second-order valence-electron chi connectivity index (χ2n) is 6.98. The Labute approximate surface area is 169 Å². The Morgan fingerprint density at radius 1 is 1.24 bits per heavy atom. The summed E-state index contributed by atoms with van der Waals surface area (Å²) in [6.07, 6.45) is 3.60. The number of halogens is 1. The summed E-state index contributed by atoms with van der Waals surface area (Å²) >= 11 is 0. The number of rotatable bonds is 7. The maximum absolute atomic E-state index is 13.9. The molecule has 0 aliphatic heterocycles. The highest BCUT2D eigenvalue weighted by molar-refractivity contribution is 5.77. The van der Waals surface area contributed by atoms with Gasteiger partial charge in [-0.25, -0.2) is 9.37 Å². The molecule has 0 atom stereocenters. The molecule has 0 aliphatic carbocycles. The second kappa shape index (κ2) is 8.73. The number of methoxy groups -OCH3 is 1. The lowest BCUT2D eigenvalue weighted by Gasteiger charge is -2.11. The van der Waals surface area contributed by atoms with Crippen molar-refractivity contribution in [1.82, 2.24) is 14.9 Å². The van der Waals surface area contributed by atoms with Crippen LogP contribution in [0.5, 0.6) is 5.75 Å². The van der Waals surface area contributed by atoms with Gasteiger partial charge in [-0.05, 0) is 37.6 Å². The number of ether oxygens (including phenoxy) is 1. The molecule has 3 rings (SSSR count). The van der Waals surface area contributed by atoms with E-state index >= 15 is 0 Å². The molecule has 29 heavy (non-hydrogen) atoms. The van der Waals surface area contributed by atoms with Gasteiger partial charge in [0.25, 0.3) is 0 Å². The number of aromatic nitrogens is 2. The smallest absolute Gasteiger partial charge is 0.240 e. The fourth-order valence-corrected chi connectivity index (χ4v) is 3.02. The van der Waals surface area contributed by atoms with Crippen molar-refractivity contribution in [3.05, 3.63) is 66.6 Å². The van der Waals surface area contributed by atoms with Gasteiger partial charge < -0.3 is 14.6 Å². The Hall–Kier alpha value is -3.41. The topological polar surface area (TPSA) is 56.2 Å². The fraction of sp³-hybridized carbons (Fsp3) is 0.217. The summed E-state index contributed by atoms with van der Waals surface area (Å²) in [5.41, 5.74) is 3.30. The van der Waals surface area contributed by atoms with Crippen LogP contribution in [0, 0.1) is 5.82 Å². The van der Waals surface area contributed by atoms with Gasteiger partial charge in [-0.1, -0.05) is 36.9 Å². The van der Waals surface area contributed by atoms with E-state index in [1.165, 1.54) is 13.2 Å². The lowest BCUT2D eigenvalue weighted by atomic mass is 10.1. The molecular formula is C23H24FN3O2. The van der Waals surface area contributed by atoms with Gasteiger partial charge in [0.2, 0.25) is 5.91 Å². The van der Waals surface area contributed by atoms with Crippen LogP contribution in [-0.4, -0.2) is 28.6 Å². The first-order valence-corrected chi connectivity index (χ1v) is 9.34. The molecule has 1 N–H and O–H groups in total. The molecule has 1 heterocycles. The van der Waals surface area contributed by atoms with E-state index in [2.05, 4.69) is 11.9 Å². The van der Waals surface area contributed by atoms with Crippen LogP contribution < -0.4 is 10.1 Å². The zero-order valence-electron chi connectivity index (χ0n) is 16.8. The molecule has 0 aliphatic rings. The molecule has 0 spiro atoms. The van der Waals surface area contributed by atoms with E-state index in [-0.39, 0.29) is 24.2 Å². The molecule has 6 heteroatoms. The van der Waals surface area contributed by atoms with Crippen molar-refractivity contribution in [1.29, 1.82) is 0 Å². The first kappa shape index (κ1) is 20.3. The maximum atomic E-state index is 13.9. The summed E-state index contributed by atoms with van der Waals surface area (Å²) in [5, 5.41) is 2.88. The van der Waals surface area contributed by atoms with Gasteiger partial charge in [-0.15, -0.1) is 0 Å². The summed E-state index contributed by atoms with van der Waals surface area (Å²) in [7, 11) is 1.41. The van der Waals surface area contributed by atoms with E-state index in [0.717, 1.165) is 16.8 Å². The number of imidazole rings is 1. The maximum Gasteiger partial charge on any atom is 0.240 e. The Balaban J connectivity index is 2.05. The largest absolute Gasteiger partial charge is 0.494 e. The van der Waals surface area contributed by atoms with Gasteiger partial charge in [0, 0.05) is 23.4 Å². The van der Waals surface area contributed by atoms with Gasteiger partial charge in [-0.2, -0.15) is 0 Å². The van der Waals surface area contributed by atoms with Crippen LogP contribution in [0.2, 0.25) is 0 Å². The van der Waals surface area contributed by atoms with Crippen LogP contribution in [0.25, 0.3) is 28.7 Å². The summed E-state index contributed by atoms with van der Waals surface area (Å²) in [6.45, 7) is 7.68. The van der Waals surface area contributed by atoms with Crippen molar-refractivity contribution in [2.45, 2.75) is 26.4 Å². The second-order valence-corrected chi connectivity index (χ2v) is 6.98. The minimum atomic E-state index is -0.452. The summed E-state index contributed by atoms with van der Waals surface area (Å²) in [6, 6.07) is 12.4. The molecule has 0 unspecified atom stereocenters. The van der Waals surface area contributed by atoms with Crippen molar-refractivity contribution in [2.24, 2.45) is 0 Å². The molecule has 0 fully saturated rings. The lowest BCUT2D eigenvalue weighted by Crippen LogP contribution is -2.33. The van der Waals surface area contributed by atoms with Crippen LogP contribution in [0.3, 0.4) is 0 Å². The van der Waals surface area contributed by atoms with Crippen molar-refractivity contribution in [3.63, 3.8) is 0 Å². The summed E-state index contributed by atoms with van der Waals surface area (Å²) in [4.78, 5) is 17.1. The van der Waals surface area contributed by atoms with Crippen molar-refractivity contribution >= 4 is 12.0 Å². The van der Waals surface area contributed by atoms with Gasteiger partial charge in [0.15, 0.2) is 11.6 Å². The minimum absolute atomic E-state index is 0.0336. The third-order valence-electron chi connectivity index (χ3n) is 4.39. The molecule has 0 saturated carbocycles. The highest BCUT2D eigenvalue weighted by atomic mass is 19.1. The van der Waals surface area contributed by atoms with Crippen LogP contribution >= 0.6 is 0 Å². The first-order chi connectivity index (χ1) is 13.9. The predicted molar refractivity (Wildman–Crippen MR) is 113 cm³/mol. The van der Waals surface area contributed by atoms with E-state index in [1.54, 1.807) is 22.8 Å². The molecular weight excluding hydrogens is 369 g/mol. The molecule has 0 saturated heterocycles. The molecule has 1 aromatic heterocycles. The number of carbonyl (C=O) groups excluding carboxylic acids is 1. The average Bonchev–Trinajstić information content (AvgIpc) is 3.11. The Kier molecular flexibility index (Phi) is 6.12. The molecule has 0 radical (unpaired) electrons. The number of hydrogen-bond donors (Lipinski definition) is 1. The number of amides is 1. The van der Waals surface area contributed by atoms with Crippen LogP contribution in [0.15, 0.2) is 55.2 Å². The van der Waals surface area contributed by atoms with Crippen molar-refractivity contribution < 1.29 is 13.9 Å². The number of hydrogen-bond acceptors (Lipinski definition) is 3. The predicted octanol–water partition coefficient (Wildman–Crippen LogP) is 4.53. The number of carbonyl (C=O) groups is 1. The first-order valence-electron chi connectivity index (χ1n) is 9.34. The third-order valence-corrected chi connectivity index (χ3v) is 4.39. The molecule has 150 valence electrons. The highest BCUT2D eigenvalue weighted by Gasteiger charge is 2.16. The summed E-state index contributed by atoms with van der Waals surface area (Å²) in [5.74, 6) is 0.110. The minimum Gasteiger partial charge on any atom is -0.494 e. The molecule has 2 aromatic carbocycles. The molecule has 1 amide bonds. The van der Waals surface area contributed by atoms with E-state index < -0.39 is 5.82 Å². The van der Waals surface area contributed by atoms with Gasteiger partial charge >= 0.3 is 0 Å². The number of nitrogens with one attached hydrogen (secondary N) is 1. The van der Waals surface area contributed by atoms with Crippen LogP contribution in [0.1, 0.15) is 19.4 Å². The van der Waals surface area contributed by atoms with Crippen molar-refractivity contribution in [2.75, 3.05) is 7.11 Å². The number of benzene rings is 2. The Bertz CT molecular complexity index is 1020. The normalized spacial score (nSPS) is 10.8. The zero-order valence-corrected chi connectivity index (χ0v) is 16.8. The Morgan fingerprint density at radius 3 is 2.55 bits per heavy atom. The zero-order chi connectivity index (χ0) is 21.0.